The Balaban J connectivity index is 1.93. The van der Waals surface area contributed by atoms with Gasteiger partial charge < -0.3 is 18.3 Å². The number of para-hydroxylation sites is 1. The zero-order chi connectivity index (χ0) is 19.6. The van der Waals surface area contributed by atoms with Gasteiger partial charge in [0.25, 0.3) is 0 Å². The van der Waals surface area contributed by atoms with Crippen molar-refractivity contribution in [1.82, 2.24) is 0 Å². The van der Waals surface area contributed by atoms with Crippen LogP contribution in [0.25, 0.3) is 11.0 Å². The van der Waals surface area contributed by atoms with Crippen molar-refractivity contribution in [3.05, 3.63) is 69.0 Å². The molecule has 0 atom stereocenters. The highest BCUT2D eigenvalue weighted by molar-refractivity contribution is 5.96. The lowest BCUT2D eigenvalue weighted by atomic mass is 10.1. The first kappa shape index (κ1) is 18.4. The van der Waals surface area contributed by atoms with Crippen LogP contribution in [0.1, 0.15) is 44.7 Å². The Kier molecular flexibility index (Phi) is 5.12. The standard InChI is InChI=1S/C20H18O7/c1-4-24-20(23)18-14(13-7-5-6-8-15(13)27-18)10-25-19(22)17-11(2)9-16(21)26-12(17)3/h5-9H,4,10H2,1-3H3. The van der Waals surface area contributed by atoms with Gasteiger partial charge in [0, 0.05) is 11.5 Å². The van der Waals surface area contributed by atoms with Gasteiger partial charge in [-0.1, -0.05) is 18.2 Å². The average Bonchev–Trinajstić information content (AvgIpc) is 2.98. The molecule has 0 bridgehead atoms. The number of carbonyl (C=O) groups excluding carboxylic acids is 2. The van der Waals surface area contributed by atoms with E-state index in [1.54, 1.807) is 38.1 Å². The summed E-state index contributed by atoms with van der Waals surface area (Å²) in [5.41, 5.74) is 1.01. The minimum atomic E-state index is -0.658. The van der Waals surface area contributed by atoms with E-state index in [1.807, 2.05) is 0 Å². The molecule has 0 fully saturated rings. The Labute approximate surface area is 154 Å². The smallest absolute Gasteiger partial charge is 0.374 e. The summed E-state index contributed by atoms with van der Waals surface area (Å²) in [7, 11) is 0. The Hall–Kier alpha value is -3.35. The van der Waals surface area contributed by atoms with Gasteiger partial charge in [-0.05, 0) is 32.4 Å². The van der Waals surface area contributed by atoms with Gasteiger partial charge in [-0.25, -0.2) is 14.4 Å². The molecule has 0 radical (unpaired) electrons. The topological polar surface area (TPSA) is 96.0 Å². The molecule has 3 rings (SSSR count). The molecule has 0 N–H and O–H groups in total. The lowest BCUT2D eigenvalue weighted by Crippen LogP contribution is -2.14. The van der Waals surface area contributed by atoms with Crippen LogP contribution in [0.2, 0.25) is 0 Å². The molecule has 2 heterocycles. The second kappa shape index (κ2) is 7.49. The summed E-state index contributed by atoms with van der Waals surface area (Å²) < 4.78 is 21.0. The monoisotopic (exact) mass is 370 g/mol. The zero-order valence-corrected chi connectivity index (χ0v) is 15.2. The second-order valence-electron chi connectivity index (χ2n) is 5.88. The Bertz CT molecular complexity index is 1050. The van der Waals surface area contributed by atoms with Gasteiger partial charge in [-0.15, -0.1) is 0 Å². The van der Waals surface area contributed by atoms with Gasteiger partial charge in [0.15, 0.2) is 0 Å². The van der Waals surface area contributed by atoms with Crippen molar-refractivity contribution in [3.63, 3.8) is 0 Å². The Morgan fingerprint density at radius 3 is 2.48 bits per heavy atom. The van der Waals surface area contributed by atoms with Crippen LogP contribution in [0.15, 0.2) is 44.0 Å². The SMILES string of the molecule is CCOC(=O)c1oc2ccccc2c1COC(=O)c1c(C)cc(=O)oc1C. The molecule has 7 heteroatoms. The maximum absolute atomic E-state index is 12.5. The predicted molar refractivity (Wildman–Crippen MR) is 95.7 cm³/mol. The number of hydrogen-bond donors (Lipinski definition) is 0. The number of furan rings is 1. The van der Waals surface area contributed by atoms with E-state index in [-0.39, 0.29) is 30.3 Å². The molecule has 140 valence electrons. The number of rotatable bonds is 5. The maximum atomic E-state index is 12.5. The van der Waals surface area contributed by atoms with Crippen molar-refractivity contribution in [2.75, 3.05) is 6.61 Å². The van der Waals surface area contributed by atoms with Crippen LogP contribution in [0.3, 0.4) is 0 Å². The molecule has 0 amide bonds. The lowest BCUT2D eigenvalue weighted by molar-refractivity contribution is 0.0432. The highest BCUT2D eigenvalue weighted by atomic mass is 16.5. The number of esters is 2. The molecule has 2 aromatic heterocycles. The third-order valence-corrected chi connectivity index (χ3v) is 4.05. The quantitative estimate of drug-likeness (QED) is 0.634. The molecule has 0 saturated heterocycles. The first-order valence-electron chi connectivity index (χ1n) is 8.38. The first-order valence-corrected chi connectivity index (χ1v) is 8.38. The second-order valence-corrected chi connectivity index (χ2v) is 5.88. The molecule has 7 nitrogen and oxygen atoms in total. The van der Waals surface area contributed by atoms with Crippen LogP contribution in [0, 0.1) is 13.8 Å². The summed E-state index contributed by atoms with van der Waals surface area (Å²) in [5, 5.41) is 0.654. The molecule has 0 aliphatic heterocycles. The molecule has 0 spiro atoms. The van der Waals surface area contributed by atoms with Gasteiger partial charge in [-0.2, -0.15) is 0 Å². The zero-order valence-electron chi connectivity index (χ0n) is 15.2. The summed E-state index contributed by atoms with van der Waals surface area (Å²) in [6, 6.07) is 8.26. The molecular weight excluding hydrogens is 352 g/mol. The van der Waals surface area contributed by atoms with Crippen LogP contribution in [-0.4, -0.2) is 18.5 Å². The molecular formula is C20H18O7. The molecule has 27 heavy (non-hydrogen) atoms. The van der Waals surface area contributed by atoms with Crippen molar-refractivity contribution in [2.24, 2.45) is 0 Å². The van der Waals surface area contributed by atoms with E-state index in [1.165, 1.54) is 13.0 Å². The lowest BCUT2D eigenvalue weighted by Gasteiger charge is -2.09. The summed E-state index contributed by atoms with van der Waals surface area (Å²) in [6.45, 7) is 4.83. The number of benzene rings is 1. The van der Waals surface area contributed by atoms with Crippen molar-refractivity contribution < 1.29 is 27.9 Å². The highest BCUT2D eigenvalue weighted by Gasteiger charge is 2.24. The van der Waals surface area contributed by atoms with Crippen LogP contribution in [0.5, 0.6) is 0 Å². The molecule has 3 aromatic rings. The van der Waals surface area contributed by atoms with Crippen LogP contribution in [-0.2, 0) is 16.1 Å². The number of hydrogen-bond acceptors (Lipinski definition) is 7. The molecule has 1 aromatic carbocycles. The number of carbonyl (C=O) groups is 2. The van der Waals surface area contributed by atoms with Gasteiger partial charge in [0.1, 0.15) is 23.5 Å². The van der Waals surface area contributed by atoms with Gasteiger partial charge in [0.05, 0.1) is 12.2 Å². The van der Waals surface area contributed by atoms with E-state index in [2.05, 4.69) is 0 Å². The van der Waals surface area contributed by atoms with E-state index in [0.29, 0.717) is 22.1 Å². The number of ether oxygens (including phenoxy) is 2. The van der Waals surface area contributed by atoms with E-state index in [4.69, 9.17) is 18.3 Å². The van der Waals surface area contributed by atoms with Crippen LogP contribution < -0.4 is 5.63 Å². The molecule has 0 aliphatic rings. The van der Waals surface area contributed by atoms with E-state index < -0.39 is 17.6 Å². The van der Waals surface area contributed by atoms with E-state index in [0.717, 1.165) is 0 Å². The van der Waals surface area contributed by atoms with Crippen molar-refractivity contribution in [3.8, 4) is 0 Å². The van der Waals surface area contributed by atoms with Crippen molar-refractivity contribution in [2.45, 2.75) is 27.4 Å². The van der Waals surface area contributed by atoms with E-state index in [9.17, 15) is 14.4 Å². The van der Waals surface area contributed by atoms with E-state index >= 15 is 0 Å². The maximum Gasteiger partial charge on any atom is 0.374 e. The van der Waals surface area contributed by atoms with Gasteiger partial charge in [-0.3, -0.25) is 0 Å². The van der Waals surface area contributed by atoms with Crippen LogP contribution in [0.4, 0.5) is 0 Å². The molecule has 0 unspecified atom stereocenters. The third-order valence-electron chi connectivity index (χ3n) is 4.05. The summed E-state index contributed by atoms with van der Waals surface area (Å²) in [4.78, 5) is 36.1. The molecule has 0 aliphatic carbocycles. The minimum Gasteiger partial charge on any atom is -0.460 e. The summed E-state index contributed by atoms with van der Waals surface area (Å²) in [6.07, 6.45) is 0. The third kappa shape index (κ3) is 3.62. The fraction of sp³-hybridized carbons (Fsp3) is 0.250. The summed E-state index contributed by atoms with van der Waals surface area (Å²) >= 11 is 0. The summed E-state index contributed by atoms with van der Waals surface area (Å²) in [5.74, 6) is -1.11. The van der Waals surface area contributed by atoms with Crippen LogP contribution >= 0.6 is 0 Å². The van der Waals surface area contributed by atoms with Crippen molar-refractivity contribution in [1.29, 1.82) is 0 Å². The fourth-order valence-electron chi connectivity index (χ4n) is 2.88. The average molecular weight is 370 g/mol. The molecule has 0 saturated carbocycles. The van der Waals surface area contributed by atoms with Crippen molar-refractivity contribution >= 4 is 22.9 Å². The predicted octanol–water partition coefficient (Wildman–Crippen LogP) is 3.54. The highest BCUT2D eigenvalue weighted by Crippen LogP contribution is 2.28. The largest absolute Gasteiger partial charge is 0.460 e. The first-order chi connectivity index (χ1) is 12.9. The minimum absolute atomic E-state index is 0.00103. The van der Waals surface area contributed by atoms with Gasteiger partial charge >= 0.3 is 17.6 Å². The Morgan fingerprint density at radius 1 is 1.04 bits per heavy atom. The fourth-order valence-corrected chi connectivity index (χ4v) is 2.88. The number of fused-ring (bicyclic) bond motifs is 1. The Morgan fingerprint density at radius 2 is 1.78 bits per heavy atom. The van der Waals surface area contributed by atoms with Gasteiger partial charge in [0.2, 0.25) is 5.76 Å². The normalized spacial score (nSPS) is 10.8. The number of aryl methyl sites for hydroxylation is 2.